The number of hydrogen-bond donors (Lipinski definition) is 2. The van der Waals surface area contributed by atoms with Gasteiger partial charge in [-0.15, -0.1) is 0 Å². The molecule has 0 saturated carbocycles. The Kier molecular flexibility index (Phi) is 7.61. The van der Waals surface area contributed by atoms with Gasteiger partial charge in [0.2, 0.25) is 0 Å². The van der Waals surface area contributed by atoms with Crippen LogP contribution < -0.4 is 14.8 Å². The standard InChI is InChI=1S/C16H25NO4/c1-4-6-9-21-14-8-7-13(10-15(14)20-5-2)11-17-12(3)16(18)19/h7-8,10,12,17H,4-6,9,11H2,1-3H3,(H,18,19). The van der Waals surface area contributed by atoms with Gasteiger partial charge < -0.3 is 19.9 Å². The average Bonchev–Trinajstić information content (AvgIpc) is 2.47. The van der Waals surface area contributed by atoms with Crippen LogP contribution in [0.5, 0.6) is 11.5 Å². The third-order valence-corrected chi connectivity index (χ3v) is 3.05. The van der Waals surface area contributed by atoms with Crippen LogP contribution >= 0.6 is 0 Å². The Hall–Kier alpha value is -1.75. The first kappa shape index (κ1) is 17.3. The van der Waals surface area contributed by atoms with E-state index in [2.05, 4.69) is 12.2 Å². The molecule has 1 atom stereocenters. The van der Waals surface area contributed by atoms with E-state index in [-0.39, 0.29) is 0 Å². The average molecular weight is 295 g/mol. The van der Waals surface area contributed by atoms with Crippen molar-refractivity contribution in [2.75, 3.05) is 13.2 Å². The summed E-state index contributed by atoms with van der Waals surface area (Å²) in [6, 6.07) is 5.11. The summed E-state index contributed by atoms with van der Waals surface area (Å²) in [7, 11) is 0. The van der Waals surface area contributed by atoms with Crippen LogP contribution in [0, 0.1) is 0 Å². The Morgan fingerprint density at radius 3 is 2.67 bits per heavy atom. The van der Waals surface area contributed by atoms with E-state index in [1.807, 2.05) is 25.1 Å². The molecule has 118 valence electrons. The molecule has 0 bridgehead atoms. The highest BCUT2D eigenvalue weighted by atomic mass is 16.5. The molecule has 2 N–H and O–H groups in total. The molecule has 1 aromatic rings. The third-order valence-electron chi connectivity index (χ3n) is 3.05. The number of carboxylic acid groups (broad SMARTS) is 1. The highest BCUT2D eigenvalue weighted by Gasteiger charge is 2.11. The third kappa shape index (κ3) is 6.04. The van der Waals surface area contributed by atoms with Crippen LogP contribution in [0.3, 0.4) is 0 Å². The van der Waals surface area contributed by atoms with Crippen molar-refractivity contribution in [3.8, 4) is 11.5 Å². The Balaban J connectivity index is 2.70. The van der Waals surface area contributed by atoms with Gasteiger partial charge in [0.15, 0.2) is 11.5 Å². The van der Waals surface area contributed by atoms with Crippen LogP contribution in [0.25, 0.3) is 0 Å². The zero-order valence-corrected chi connectivity index (χ0v) is 13.0. The van der Waals surface area contributed by atoms with E-state index in [1.165, 1.54) is 0 Å². The van der Waals surface area contributed by atoms with E-state index in [9.17, 15) is 4.79 Å². The van der Waals surface area contributed by atoms with Crippen molar-refractivity contribution < 1.29 is 19.4 Å². The molecule has 0 aromatic heterocycles. The van der Waals surface area contributed by atoms with Gasteiger partial charge >= 0.3 is 5.97 Å². The monoisotopic (exact) mass is 295 g/mol. The summed E-state index contributed by atoms with van der Waals surface area (Å²) in [6.45, 7) is 7.37. The number of ether oxygens (including phenoxy) is 2. The molecule has 0 heterocycles. The Labute approximate surface area is 126 Å². The van der Waals surface area contributed by atoms with Crippen LogP contribution in [-0.2, 0) is 11.3 Å². The number of rotatable bonds is 10. The van der Waals surface area contributed by atoms with E-state index in [0.717, 1.165) is 24.2 Å². The normalized spacial score (nSPS) is 12.0. The number of hydrogen-bond acceptors (Lipinski definition) is 4. The van der Waals surface area contributed by atoms with Crippen molar-refractivity contribution in [1.29, 1.82) is 0 Å². The first-order valence-electron chi connectivity index (χ1n) is 7.43. The molecular weight excluding hydrogens is 270 g/mol. The predicted octanol–water partition coefficient (Wildman–Crippen LogP) is 2.83. The van der Waals surface area contributed by atoms with Gasteiger partial charge in [0.25, 0.3) is 0 Å². The summed E-state index contributed by atoms with van der Waals surface area (Å²) in [5.74, 6) is 0.579. The fourth-order valence-corrected chi connectivity index (χ4v) is 1.73. The highest BCUT2D eigenvalue weighted by Crippen LogP contribution is 2.28. The maximum absolute atomic E-state index is 10.8. The number of carbonyl (C=O) groups is 1. The summed E-state index contributed by atoms with van der Waals surface area (Å²) in [6.07, 6.45) is 2.09. The second-order valence-electron chi connectivity index (χ2n) is 4.86. The molecule has 0 radical (unpaired) electrons. The molecule has 1 rings (SSSR count). The molecule has 0 amide bonds. The Morgan fingerprint density at radius 2 is 2.05 bits per heavy atom. The molecule has 1 unspecified atom stereocenters. The van der Waals surface area contributed by atoms with Gasteiger partial charge in [0.05, 0.1) is 13.2 Å². The Morgan fingerprint density at radius 1 is 1.29 bits per heavy atom. The van der Waals surface area contributed by atoms with E-state index >= 15 is 0 Å². The fraction of sp³-hybridized carbons (Fsp3) is 0.562. The van der Waals surface area contributed by atoms with Crippen molar-refractivity contribution in [3.05, 3.63) is 23.8 Å². The molecule has 0 spiro atoms. The minimum absolute atomic E-state index is 0.475. The maximum Gasteiger partial charge on any atom is 0.320 e. The van der Waals surface area contributed by atoms with Gasteiger partial charge in [-0.1, -0.05) is 19.4 Å². The summed E-state index contributed by atoms with van der Waals surface area (Å²) >= 11 is 0. The van der Waals surface area contributed by atoms with Crippen LogP contribution in [-0.4, -0.2) is 30.3 Å². The van der Waals surface area contributed by atoms with Gasteiger partial charge in [0.1, 0.15) is 6.04 Å². The van der Waals surface area contributed by atoms with Gasteiger partial charge in [-0.2, -0.15) is 0 Å². The smallest absolute Gasteiger partial charge is 0.320 e. The van der Waals surface area contributed by atoms with E-state index in [0.29, 0.717) is 25.5 Å². The van der Waals surface area contributed by atoms with E-state index in [4.69, 9.17) is 14.6 Å². The molecule has 0 aliphatic carbocycles. The van der Waals surface area contributed by atoms with Gasteiger partial charge in [0, 0.05) is 6.54 Å². The van der Waals surface area contributed by atoms with Crippen LogP contribution in [0.1, 0.15) is 39.2 Å². The first-order valence-corrected chi connectivity index (χ1v) is 7.43. The molecule has 5 nitrogen and oxygen atoms in total. The second-order valence-corrected chi connectivity index (χ2v) is 4.86. The quantitative estimate of drug-likeness (QED) is 0.650. The lowest BCUT2D eigenvalue weighted by Crippen LogP contribution is -2.33. The number of benzene rings is 1. The lowest BCUT2D eigenvalue weighted by atomic mass is 10.2. The molecule has 0 saturated heterocycles. The first-order chi connectivity index (χ1) is 10.1. The minimum atomic E-state index is -0.862. The number of nitrogens with one attached hydrogen (secondary N) is 1. The van der Waals surface area contributed by atoms with Crippen molar-refractivity contribution in [1.82, 2.24) is 5.32 Å². The predicted molar refractivity (Wildman–Crippen MR) is 82.0 cm³/mol. The molecule has 0 aliphatic rings. The zero-order valence-electron chi connectivity index (χ0n) is 13.0. The summed E-state index contributed by atoms with van der Waals surface area (Å²) < 4.78 is 11.3. The fourth-order valence-electron chi connectivity index (χ4n) is 1.73. The molecule has 0 aliphatic heterocycles. The van der Waals surface area contributed by atoms with Gasteiger partial charge in [-0.3, -0.25) is 4.79 Å². The minimum Gasteiger partial charge on any atom is -0.490 e. The van der Waals surface area contributed by atoms with Crippen molar-refractivity contribution >= 4 is 5.97 Å². The van der Waals surface area contributed by atoms with Crippen LogP contribution in [0.2, 0.25) is 0 Å². The van der Waals surface area contributed by atoms with Crippen molar-refractivity contribution in [3.63, 3.8) is 0 Å². The summed E-state index contributed by atoms with van der Waals surface area (Å²) in [5.41, 5.74) is 0.967. The lowest BCUT2D eigenvalue weighted by molar-refractivity contribution is -0.139. The van der Waals surface area contributed by atoms with Gasteiger partial charge in [-0.05, 0) is 38.0 Å². The van der Waals surface area contributed by atoms with Crippen LogP contribution in [0.4, 0.5) is 0 Å². The topological polar surface area (TPSA) is 67.8 Å². The number of aliphatic carboxylic acids is 1. The van der Waals surface area contributed by atoms with E-state index in [1.54, 1.807) is 6.92 Å². The largest absolute Gasteiger partial charge is 0.490 e. The van der Waals surface area contributed by atoms with E-state index < -0.39 is 12.0 Å². The molecule has 1 aromatic carbocycles. The Bertz CT molecular complexity index is 448. The maximum atomic E-state index is 10.8. The molecular formula is C16H25NO4. The highest BCUT2D eigenvalue weighted by molar-refractivity contribution is 5.72. The number of unbranched alkanes of at least 4 members (excludes halogenated alkanes) is 1. The lowest BCUT2D eigenvalue weighted by Gasteiger charge is -2.14. The SMILES string of the molecule is CCCCOc1ccc(CNC(C)C(=O)O)cc1OCC. The molecule has 21 heavy (non-hydrogen) atoms. The summed E-state index contributed by atoms with van der Waals surface area (Å²) in [4.78, 5) is 10.8. The summed E-state index contributed by atoms with van der Waals surface area (Å²) in [5, 5.41) is 11.8. The van der Waals surface area contributed by atoms with Crippen LogP contribution in [0.15, 0.2) is 18.2 Å². The second kappa shape index (κ2) is 9.23. The number of carboxylic acids is 1. The van der Waals surface area contributed by atoms with Crippen molar-refractivity contribution in [2.45, 2.75) is 46.2 Å². The van der Waals surface area contributed by atoms with Crippen molar-refractivity contribution in [2.24, 2.45) is 0 Å². The molecule has 5 heteroatoms. The van der Waals surface area contributed by atoms with Gasteiger partial charge in [-0.25, -0.2) is 0 Å². The molecule has 0 fully saturated rings. The zero-order chi connectivity index (χ0) is 15.7.